The first kappa shape index (κ1) is 16.7. The zero-order chi connectivity index (χ0) is 17.1. The topological polar surface area (TPSA) is 92.3 Å². The number of hydrogen-bond donors (Lipinski definition) is 1. The highest BCUT2D eigenvalue weighted by Gasteiger charge is 2.18. The summed E-state index contributed by atoms with van der Waals surface area (Å²) in [5.41, 5.74) is 6.61. The van der Waals surface area contributed by atoms with Crippen molar-refractivity contribution in [3.63, 3.8) is 0 Å². The number of hydrogen-bond acceptors (Lipinski definition) is 6. The van der Waals surface area contributed by atoms with E-state index in [0.717, 1.165) is 5.56 Å². The zero-order valence-electron chi connectivity index (χ0n) is 13.1. The Morgan fingerprint density at radius 1 is 1.46 bits per heavy atom. The van der Waals surface area contributed by atoms with Gasteiger partial charge < -0.3 is 19.8 Å². The number of halogens is 1. The van der Waals surface area contributed by atoms with E-state index in [1.165, 1.54) is 23.9 Å². The molecule has 1 amide bonds. The van der Waals surface area contributed by atoms with Crippen molar-refractivity contribution in [2.45, 2.75) is 30.4 Å². The number of fused-ring (bicyclic) bond motifs is 1. The summed E-state index contributed by atoms with van der Waals surface area (Å²) in [5, 5.41) is 8.85. The van der Waals surface area contributed by atoms with Gasteiger partial charge in [-0.15, -0.1) is 10.2 Å². The molecule has 2 heterocycles. The van der Waals surface area contributed by atoms with E-state index in [4.69, 9.17) is 15.2 Å². The van der Waals surface area contributed by atoms with Gasteiger partial charge >= 0.3 is 0 Å². The van der Waals surface area contributed by atoms with E-state index in [-0.39, 0.29) is 24.9 Å². The van der Waals surface area contributed by atoms with Crippen molar-refractivity contribution < 1.29 is 18.7 Å². The van der Waals surface area contributed by atoms with Crippen LogP contribution in [0.5, 0.6) is 5.75 Å². The van der Waals surface area contributed by atoms with Crippen LogP contribution in [0.4, 0.5) is 4.39 Å². The van der Waals surface area contributed by atoms with Crippen LogP contribution in [-0.4, -0.2) is 27.5 Å². The molecule has 2 aromatic rings. The number of rotatable bonds is 6. The third-order valence-electron chi connectivity index (χ3n) is 3.63. The van der Waals surface area contributed by atoms with Crippen molar-refractivity contribution in [2.24, 2.45) is 12.8 Å². The molecule has 0 unspecified atom stereocenters. The molecule has 0 fully saturated rings. The molecule has 1 aliphatic rings. The van der Waals surface area contributed by atoms with Crippen LogP contribution in [0.25, 0.3) is 0 Å². The molecule has 0 aliphatic carbocycles. The predicted molar refractivity (Wildman–Crippen MR) is 84.8 cm³/mol. The molecule has 0 bridgehead atoms. The number of ether oxygens (including phenoxy) is 2. The summed E-state index contributed by atoms with van der Waals surface area (Å²) in [4.78, 5) is 10.9. The van der Waals surface area contributed by atoms with Crippen molar-refractivity contribution in [2.75, 3.05) is 6.79 Å². The highest BCUT2D eigenvalue weighted by Crippen LogP contribution is 2.33. The van der Waals surface area contributed by atoms with Crippen LogP contribution in [0, 0.1) is 5.82 Å². The van der Waals surface area contributed by atoms with E-state index in [1.807, 2.05) is 11.6 Å². The second kappa shape index (κ2) is 7.18. The Hall–Kier alpha value is -2.13. The highest BCUT2D eigenvalue weighted by atomic mass is 32.2. The molecule has 0 atom stereocenters. The first-order valence-electron chi connectivity index (χ1n) is 7.36. The maximum absolute atomic E-state index is 13.7. The van der Waals surface area contributed by atoms with Gasteiger partial charge in [0.2, 0.25) is 5.91 Å². The third-order valence-corrected chi connectivity index (χ3v) is 4.70. The second-order valence-corrected chi connectivity index (χ2v) is 6.32. The standard InChI is InChI=1S/C15H17FN4O3S/c1-20-13(3-2-12(17)21)18-19-15(20)24-7-10-5-11(16)4-9-6-22-8-23-14(9)10/h4-5H,2-3,6-8H2,1H3,(H2,17,21). The number of carbonyl (C=O) groups excluding carboxylic acids is 1. The minimum absolute atomic E-state index is 0.164. The fourth-order valence-electron chi connectivity index (χ4n) is 2.43. The average Bonchev–Trinajstić information content (AvgIpc) is 2.90. The molecule has 2 N–H and O–H groups in total. The average molecular weight is 352 g/mol. The van der Waals surface area contributed by atoms with E-state index in [9.17, 15) is 9.18 Å². The number of primary amides is 1. The first-order chi connectivity index (χ1) is 11.5. The van der Waals surface area contributed by atoms with E-state index in [1.54, 1.807) is 0 Å². The summed E-state index contributed by atoms with van der Waals surface area (Å²) < 4.78 is 26.2. The number of benzene rings is 1. The van der Waals surface area contributed by atoms with Crippen LogP contribution in [0.1, 0.15) is 23.4 Å². The Morgan fingerprint density at radius 3 is 3.08 bits per heavy atom. The summed E-state index contributed by atoms with van der Waals surface area (Å²) in [6, 6.07) is 2.88. The zero-order valence-corrected chi connectivity index (χ0v) is 13.9. The van der Waals surface area contributed by atoms with Crippen LogP contribution in [0.2, 0.25) is 0 Å². The second-order valence-electron chi connectivity index (χ2n) is 5.38. The Bertz CT molecular complexity index is 765. The van der Waals surface area contributed by atoms with Crippen LogP contribution in [0.15, 0.2) is 17.3 Å². The molecule has 7 nitrogen and oxygen atoms in total. The number of nitrogens with zero attached hydrogens (tertiary/aromatic N) is 3. The summed E-state index contributed by atoms with van der Waals surface area (Å²) in [5.74, 6) is 1.15. The van der Waals surface area contributed by atoms with E-state index >= 15 is 0 Å². The minimum Gasteiger partial charge on any atom is -0.467 e. The van der Waals surface area contributed by atoms with Crippen molar-refractivity contribution >= 4 is 17.7 Å². The smallest absolute Gasteiger partial charge is 0.217 e. The number of aryl methyl sites for hydroxylation is 1. The van der Waals surface area contributed by atoms with Gasteiger partial charge in [-0.3, -0.25) is 4.79 Å². The maximum atomic E-state index is 13.7. The number of thioether (sulfide) groups is 1. The maximum Gasteiger partial charge on any atom is 0.217 e. The molecule has 0 spiro atoms. The largest absolute Gasteiger partial charge is 0.467 e. The van der Waals surface area contributed by atoms with Crippen LogP contribution in [0.3, 0.4) is 0 Å². The van der Waals surface area contributed by atoms with Crippen LogP contribution < -0.4 is 10.5 Å². The first-order valence-corrected chi connectivity index (χ1v) is 8.34. The van der Waals surface area contributed by atoms with Gasteiger partial charge in [0.1, 0.15) is 17.4 Å². The predicted octanol–water partition coefficient (Wildman–Crippen LogP) is 1.53. The Labute approximate surface area is 142 Å². The lowest BCUT2D eigenvalue weighted by atomic mass is 10.1. The molecule has 1 aromatic heterocycles. The molecule has 9 heteroatoms. The molecule has 0 saturated carbocycles. The van der Waals surface area contributed by atoms with E-state index in [0.29, 0.717) is 41.1 Å². The number of aromatic nitrogens is 3. The Balaban J connectivity index is 1.72. The van der Waals surface area contributed by atoms with Crippen molar-refractivity contribution in [3.05, 3.63) is 34.9 Å². The van der Waals surface area contributed by atoms with Gasteiger partial charge in [-0.1, -0.05) is 11.8 Å². The van der Waals surface area contributed by atoms with E-state index < -0.39 is 0 Å². The Morgan fingerprint density at radius 2 is 2.29 bits per heavy atom. The molecular formula is C15H17FN4O3S. The number of carbonyl (C=O) groups is 1. The summed E-state index contributed by atoms with van der Waals surface area (Å²) in [7, 11) is 1.82. The lowest BCUT2D eigenvalue weighted by Gasteiger charge is -2.20. The normalized spacial score (nSPS) is 13.4. The summed E-state index contributed by atoms with van der Waals surface area (Å²) in [6.45, 7) is 0.503. The molecule has 3 rings (SSSR count). The van der Waals surface area contributed by atoms with Gasteiger partial charge in [0.15, 0.2) is 11.9 Å². The van der Waals surface area contributed by atoms with Gasteiger partial charge in [0, 0.05) is 36.8 Å². The fraction of sp³-hybridized carbons (Fsp3) is 0.400. The molecule has 1 aromatic carbocycles. The van der Waals surface area contributed by atoms with Gasteiger partial charge in [-0.25, -0.2) is 4.39 Å². The molecule has 1 aliphatic heterocycles. The quantitative estimate of drug-likeness (QED) is 0.793. The van der Waals surface area contributed by atoms with Crippen molar-refractivity contribution in [1.82, 2.24) is 14.8 Å². The van der Waals surface area contributed by atoms with Crippen LogP contribution >= 0.6 is 11.8 Å². The number of amides is 1. The molecule has 0 saturated heterocycles. The van der Waals surface area contributed by atoms with Crippen molar-refractivity contribution in [1.29, 1.82) is 0 Å². The number of nitrogens with two attached hydrogens (primary N) is 1. The van der Waals surface area contributed by atoms with Crippen LogP contribution in [-0.2, 0) is 35.4 Å². The van der Waals surface area contributed by atoms with Crippen molar-refractivity contribution in [3.8, 4) is 5.75 Å². The summed E-state index contributed by atoms with van der Waals surface area (Å²) >= 11 is 1.42. The molecular weight excluding hydrogens is 335 g/mol. The van der Waals surface area contributed by atoms with Gasteiger partial charge in [-0.05, 0) is 12.1 Å². The van der Waals surface area contributed by atoms with Gasteiger partial charge in [-0.2, -0.15) is 0 Å². The summed E-state index contributed by atoms with van der Waals surface area (Å²) in [6.07, 6.45) is 0.664. The van der Waals surface area contributed by atoms with Gasteiger partial charge in [0.05, 0.1) is 6.61 Å². The molecule has 24 heavy (non-hydrogen) atoms. The molecule has 128 valence electrons. The van der Waals surface area contributed by atoms with Gasteiger partial charge in [0.25, 0.3) is 0 Å². The minimum atomic E-state index is -0.377. The lowest BCUT2D eigenvalue weighted by molar-refractivity contribution is -0.118. The highest BCUT2D eigenvalue weighted by molar-refractivity contribution is 7.98. The monoisotopic (exact) mass is 352 g/mol. The SMILES string of the molecule is Cn1c(CCC(N)=O)nnc1SCc1cc(F)cc2c1OCOC2. The third kappa shape index (κ3) is 3.68. The fourth-order valence-corrected chi connectivity index (χ4v) is 3.33. The van der Waals surface area contributed by atoms with E-state index in [2.05, 4.69) is 10.2 Å². The Kier molecular flexibility index (Phi) is 5.00. The lowest BCUT2D eigenvalue weighted by Crippen LogP contribution is -2.13. The molecule has 0 radical (unpaired) electrons.